The lowest BCUT2D eigenvalue weighted by Gasteiger charge is -2.18. The van der Waals surface area contributed by atoms with Crippen molar-refractivity contribution in [1.82, 2.24) is 9.88 Å². The summed E-state index contributed by atoms with van der Waals surface area (Å²) in [5.74, 6) is -0.391. The third kappa shape index (κ3) is 4.60. The Labute approximate surface area is 160 Å². The molecule has 3 rings (SSSR count). The van der Waals surface area contributed by atoms with E-state index in [1.54, 1.807) is 4.90 Å². The summed E-state index contributed by atoms with van der Waals surface area (Å²) < 4.78 is 38.7. The lowest BCUT2D eigenvalue weighted by atomic mass is 10.1. The molecule has 1 unspecified atom stereocenters. The molecule has 1 amide bonds. The minimum Gasteiger partial charge on any atom is -0.357 e. The Morgan fingerprint density at radius 1 is 1.21 bits per heavy atom. The van der Waals surface area contributed by atoms with Crippen molar-refractivity contribution in [1.29, 1.82) is 5.26 Å². The number of benzene rings is 1. The highest BCUT2D eigenvalue weighted by Gasteiger charge is 2.35. The average Bonchev–Trinajstić information content (AvgIpc) is 3.02. The van der Waals surface area contributed by atoms with Gasteiger partial charge < -0.3 is 10.2 Å². The second kappa shape index (κ2) is 8.30. The number of halogens is 3. The minimum atomic E-state index is -4.62. The Bertz CT molecular complexity index is 877. The molecule has 1 aliphatic rings. The number of carbonyl (C=O) groups excluding carboxylic acids is 1. The molecule has 0 saturated carbocycles. The molecule has 28 heavy (non-hydrogen) atoms. The van der Waals surface area contributed by atoms with Gasteiger partial charge in [-0.15, -0.1) is 0 Å². The number of nitrogens with zero attached hydrogens (tertiary/aromatic N) is 3. The number of likely N-dealkylation sites (tertiary alicyclic amines) is 1. The van der Waals surface area contributed by atoms with Crippen molar-refractivity contribution in [3.63, 3.8) is 0 Å². The molecular formula is C20H19F3N4O. The van der Waals surface area contributed by atoms with Gasteiger partial charge in [0.05, 0.1) is 5.56 Å². The van der Waals surface area contributed by atoms with E-state index >= 15 is 0 Å². The van der Waals surface area contributed by atoms with Gasteiger partial charge in [-0.2, -0.15) is 18.4 Å². The number of amides is 1. The number of aryl methyl sites for hydroxylation is 1. The summed E-state index contributed by atoms with van der Waals surface area (Å²) >= 11 is 0. The van der Waals surface area contributed by atoms with Gasteiger partial charge in [0.15, 0.2) is 0 Å². The number of hydrogen-bond donors (Lipinski definition) is 1. The van der Waals surface area contributed by atoms with Crippen molar-refractivity contribution in [2.45, 2.75) is 31.5 Å². The maximum Gasteiger partial charge on any atom is 0.433 e. The molecule has 146 valence electrons. The van der Waals surface area contributed by atoms with Gasteiger partial charge in [-0.05, 0) is 37.0 Å². The van der Waals surface area contributed by atoms with Gasteiger partial charge in [0.2, 0.25) is 5.91 Å². The number of pyridine rings is 1. The Balaban J connectivity index is 1.61. The predicted molar refractivity (Wildman–Crippen MR) is 97.3 cm³/mol. The lowest BCUT2D eigenvalue weighted by Crippen LogP contribution is -2.34. The highest BCUT2D eigenvalue weighted by atomic mass is 19.4. The van der Waals surface area contributed by atoms with Gasteiger partial charge in [-0.25, -0.2) is 4.98 Å². The van der Waals surface area contributed by atoms with Crippen molar-refractivity contribution in [2.24, 2.45) is 0 Å². The summed E-state index contributed by atoms with van der Waals surface area (Å²) in [5.41, 5.74) is 0.0677. The van der Waals surface area contributed by atoms with Crippen LogP contribution >= 0.6 is 0 Å². The van der Waals surface area contributed by atoms with Crippen LogP contribution < -0.4 is 5.32 Å². The van der Waals surface area contributed by atoms with Crippen LogP contribution in [0.15, 0.2) is 42.5 Å². The highest BCUT2D eigenvalue weighted by molar-refractivity contribution is 5.86. The van der Waals surface area contributed by atoms with Gasteiger partial charge in [0.1, 0.15) is 23.6 Å². The first-order valence-corrected chi connectivity index (χ1v) is 8.96. The Kier molecular flexibility index (Phi) is 5.83. The number of aromatic nitrogens is 1. The first kappa shape index (κ1) is 19.7. The molecule has 1 saturated heterocycles. The summed E-state index contributed by atoms with van der Waals surface area (Å²) in [5, 5.41) is 11.9. The largest absolute Gasteiger partial charge is 0.433 e. The maximum atomic E-state index is 12.9. The van der Waals surface area contributed by atoms with Gasteiger partial charge in [-0.1, -0.05) is 30.3 Å². The number of nitrogens with one attached hydrogen (secondary N) is 1. The fraction of sp³-hybridized carbons (Fsp3) is 0.350. The van der Waals surface area contributed by atoms with Gasteiger partial charge in [0, 0.05) is 13.1 Å². The number of rotatable bonds is 6. The molecule has 1 fully saturated rings. The fourth-order valence-corrected chi connectivity index (χ4v) is 3.20. The molecule has 5 nitrogen and oxygen atoms in total. The number of nitriles is 1. The zero-order valence-electron chi connectivity index (χ0n) is 15.0. The maximum absolute atomic E-state index is 12.9. The molecule has 1 aliphatic heterocycles. The van der Waals surface area contributed by atoms with Gasteiger partial charge >= 0.3 is 6.18 Å². The second-order valence-electron chi connectivity index (χ2n) is 6.60. The number of hydrogen-bond acceptors (Lipinski definition) is 4. The van der Waals surface area contributed by atoms with Crippen molar-refractivity contribution in [3.8, 4) is 6.07 Å². The molecule has 8 heteroatoms. The molecule has 2 heterocycles. The Hall–Kier alpha value is -3.08. The number of carbonyl (C=O) groups is 1. The molecular weight excluding hydrogens is 369 g/mol. The molecule has 0 bridgehead atoms. The van der Waals surface area contributed by atoms with E-state index < -0.39 is 17.9 Å². The van der Waals surface area contributed by atoms with E-state index in [-0.39, 0.29) is 17.3 Å². The van der Waals surface area contributed by atoms with Crippen LogP contribution in [-0.4, -0.2) is 34.9 Å². The van der Waals surface area contributed by atoms with Gasteiger partial charge in [-0.3, -0.25) is 4.79 Å². The highest BCUT2D eigenvalue weighted by Crippen LogP contribution is 2.30. The summed E-state index contributed by atoms with van der Waals surface area (Å²) in [6.45, 7) is 1.10. The van der Waals surface area contributed by atoms with Crippen molar-refractivity contribution >= 4 is 11.7 Å². The first-order valence-electron chi connectivity index (χ1n) is 8.96. The normalized spacial score (nSPS) is 16.9. The summed E-state index contributed by atoms with van der Waals surface area (Å²) in [7, 11) is 0. The molecule has 1 aromatic heterocycles. The van der Waals surface area contributed by atoms with E-state index in [0.29, 0.717) is 19.5 Å². The fourth-order valence-electron chi connectivity index (χ4n) is 3.20. The summed E-state index contributed by atoms with van der Waals surface area (Å²) in [6, 6.07) is 12.9. The van der Waals surface area contributed by atoms with Crippen LogP contribution in [0.4, 0.5) is 19.0 Å². The zero-order chi connectivity index (χ0) is 20.1. The molecule has 0 aliphatic carbocycles. The molecule has 1 atom stereocenters. The third-order valence-electron chi connectivity index (χ3n) is 4.65. The van der Waals surface area contributed by atoms with Crippen LogP contribution in [0.5, 0.6) is 0 Å². The quantitative estimate of drug-likeness (QED) is 0.821. The van der Waals surface area contributed by atoms with Crippen LogP contribution in [-0.2, 0) is 17.4 Å². The standard InChI is InChI=1S/C20H19F3N4O/c21-20(22,23)17-9-8-15(13-24)18(26-17)25-16-10-12-27(19(16)28)11-4-7-14-5-2-1-3-6-14/h1-3,5-6,8-9,16H,4,7,10-12H2,(H,25,26). The predicted octanol–water partition coefficient (Wildman–Crippen LogP) is 3.62. The lowest BCUT2D eigenvalue weighted by molar-refractivity contribution is -0.141. The van der Waals surface area contributed by atoms with Crippen molar-refractivity contribution in [3.05, 3.63) is 59.3 Å². The topological polar surface area (TPSA) is 69.0 Å². The molecule has 1 aromatic carbocycles. The van der Waals surface area contributed by atoms with Crippen LogP contribution in [0, 0.1) is 11.3 Å². The van der Waals surface area contributed by atoms with Crippen molar-refractivity contribution in [2.75, 3.05) is 18.4 Å². The van der Waals surface area contributed by atoms with E-state index in [4.69, 9.17) is 5.26 Å². The second-order valence-corrected chi connectivity index (χ2v) is 6.60. The smallest absolute Gasteiger partial charge is 0.357 e. The van der Waals surface area contributed by atoms with Crippen LogP contribution in [0.25, 0.3) is 0 Å². The van der Waals surface area contributed by atoms with E-state index in [2.05, 4.69) is 10.3 Å². The summed E-state index contributed by atoms with van der Waals surface area (Å²) in [4.78, 5) is 17.8. The average molecular weight is 388 g/mol. The minimum absolute atomic E-state index is 0.0247. The number of alkyl halides is 3. The Morgan fingerprint density at radius 3 is 2.64 bits per heavy atom. The molecule has 0 radical (unpaired) electrons. The van der Waals surface area contributed by atoms with E-state index in [1.807, 2.05) is 36.4 Å². The molecule has 1 N–H and O–H groups in total. The van der Waals surface area contributed by atoms with Crippen molar-refractivity contribution < 1.29 is 18.0 Å². The van der Waals surface area contributed by atoms with Crippen LogP contribution in [0.3, 0.4) is 0 Å². The zero-order valence-corrected chi connectivity index (χ0v) is 15.0. The first-order chi connectivity index (χ1) is 13.4. The third-order valence-corrected chi connectivity index (χ3v) is 4.65. The van der Waals surface area contributed by atoms with Gasteiger partial charge in [0.25, 0.3) is 0 Å². The van der Waals surface area contributed by atoms with Crippen LogP contribution in [0.1, 0.15) is 29.7 Å². The van der Waals surface area contributed by atoms with E-state index in [0.717, 1.165) is 25.0 Å². The number of anilines is 1. The Morgan fingerprint density at radius 2 is 1.96 bits per heavy atom. The SMILES string of the molecule is N#Cc1ccc(C(F)(F)F)nc1NC1CCN(CCCc2ccccc2)C1=O. The van der Waals surface area contributed by atoms with E-state index in [9.17, 15) is 18.0 Å². The molecule has 2 aromatic rings. The molecule has 0 spiro atoms. The van der Waals surface area contributed by atoms with E-state index in [1.165, 1.54) is 5.56 Å². The monoisotopic (exact) mass is 388 g/mol. The van der Waals surface area contributed by atoms with Crippen LogP contribution in [0.2, 0.25) is 0 Å². The summed E-state index contributed by atoms with van der Waals surface area (Å²) in [6.07, 6.45) is -2.52.